The predicted octanol–water partition coefficient (Wildman–Crippen LogP) is 2.00. The first-order valence-corrected chi connectivity index (χ1v) is 7.72. The van der Waals surface area contributed by atoms with Crippen LogP contribution in [0.25, 0.3) is 0 Å². The Morgan fingerprint density at radius 3 is 1.62 bits per heavy atom. The monoisotopic (exact) mass is 274 g/mol. The Bertz CT molecular complexity index is 651. The third kappa shape index (κ3) is 3.71. The first kappa shape index (κ1) is 15.7. The van der Waals surface area contributed by atoms with Gasteiger partial charge in [0, 0.05) is 0 Å². The molecule has 0 nitrogen and oxygen atoms in total. The second-order valence-corrected chi connectivity index (χ2v) is 6.36. The van der Waals surface area contributed by atoms with Crippen LogP contribution in [0, 0.1) is 41.5 Å². The van der Waals surface area contributed by atoms with E-state index in [0.717, 1.165) is 14.2 Å². The molecule has 0 aromatic heterocycles. The summed E-state index contributed by atoms with van der Waals surface area (Å²) in [5.74, 6) is 3.62. The highest BCUT2D eigenvalue weighted by Gasteiger charge is 2.06. The van der Waals surface area contributed by atoms with Gasteiger partial charge in [0.15, 0.2) is 0 Å². The summed E-state index contributed by atoms with van der Waals surface area (Å²) in [6, 6.07) is 9.08. The third-order valence-corrected chi connectivity index (χ3v) is 4.28. The average Bonchev–Trinajstić information content (AvgIpc) is 2.34. The topological polar surface area (TPSA) is 0 Å². The summed E-state index contributed by atoms with van der Waals surface area (Å²) in [5.41, 5.74) is 11.1. The van der Waals surface area contributed by atoms with E-state index >= 15 is 0 Å². The predicted molar refractivity (Wildman–Crippen MR) is 99.9 cm³/mol. The highest BCUT2D eigenvalue weighted by atomic mass is 14.0. The Labute approximate surface area is 130 Å². The molecule has 21 heavy (non-hydrogen) atoms. The zero-order valence-electron chi connectivity index (χ0n) is 14.2. The van der Waals surface area contributed by atoms with Crippen LogP contribution >= 0.6 is 0 Å². The highest BCUT2D eigenvalue weighted by molar-refractivity contribution is 6.94. The van der Waals surface area contributed by atoms with Crippen molar-refractivity contribution in [3.8, 4) is 0 Å². The highest BCUT2D eigenvalue weighted by Crippen LogP contribution is 2.05. The zero-order valence-corrected chi connectivity index (χ0v) is 14.2. The molecule has 0 aliphatic rings. The summed E-state index contributed by atoms with van der Waals surface area (Å²) in [5, 5.41) is 0. The molecule has 0 aliphatic carbocycles. The van der Waals surface area contributed by atoms with Crippen LogP contribution in [0.15, 0.2) is 24.3 Å². The zero-order chi connectivity index (χ0) is 15.6. The Balaban J connectivity index is 2.25. The van der Waals surface area contributed by atoms with Crippen molar-refractivity contribution in [2.75, 3.05) is 0 Å². The van der Waals surface area contributed by atoms with E-state index in [9.17, 15) is 0 Å². The van der Waals surface area contributed by atoms with Crippen molar-refractivity contribution in [3.63, 3.8) is 0 Å². The molecule has 0 saturated heterocycles. The molecule has 2 heteroatoms. The fourth-order valence-electron chi connectivity index (χ4n) is 3.29. The van der Waals surface area contributed by atoms with Crippen molar-refractivity contribution < 1.29 is 0 Å². The lowest BCUT2D eigenvalue weighted by Crippen LogP contribution is -2.26. The van der Waals surface area contributed by atoms with Crippen molar-refractivity contribution >= 4 is 31.0 Å². The standard InChI is InChI=1S/C19H24B2/c1-12-7-14(3)18(15(4)8-12)20-11-21-19-16(5)9-13(2)10-17(19)6/h7-10,20-21H,1-6H3. The number of hydrogen-bond donors (Lipinski definition) is 0. The van der Waals surface area contributed by atoms with Gasteiger partial charge in [-0.1, -0.05) is 28.8 Å². The summed E-state index contributed by atoms with van der Waals surface area (Å²) < 4.78 is 0. The fraction of sp³-hybridized carbons (Fsp3) is 0.316. The minimum absolute atomic E-state index is 0.935. The van der Waals surface area contributed by atoms with E-state index in [1.807, 2.05) is 0 Å². The molecular weight excluding hydrogens is 250 g/mol. The molecule has 0 saturated carbocycles. The molecule has 2 aromatic rings. The molecule has 106 valence electrons. The SMILES string of the molecule is Cc1cc(C)c(B[C+]=[BH-]c2c(C)cc(C)cc2C)c(C)c1. The van der Waals surface area contributed by atoms with Crippen LogP contribution in [-0.2, 0) is 0 Å². The molecule has 2 rings (SSSR count). The molecule has 0 spiro atoms. The maximum Gasteiger partial charge on any atom is 0.305 e. The molecule has 0 radical (unpaired) electrons. The van der Waals surface area contributed by atoms with Crippen molar-refractivity contribution in [2.24, 2.45) is 0 Å². The Kier molecular flexibility index (Phi) is 4.80. The van der Waals surface area contributed by atoms with Crippen LogP contribution in [0.2, 0.25) is 0 Å². The molecule has 0 atom stereocenters. The van der Waals surface area contributed by atoms with E-state index in [1.54, 1.807) is 0 Å². The van der Waals surface area contributed by atoms with E-state index in [0.29, 0.717) is 0 Å². The van der Waals surface area contributed by atoms with Crippen LogP contribution in [0.4, 0.5) is 0 Å². The minimum Gasteiger partial charge on any atom is -0.276 e. The normalized spacial score (nSPS) is 10.8. The van der Waals surface area contributed by atoms with Gasteiger partial charge in [-0.2, -0.15) is 0 Å². The second kappa shape index (κ2) is 6.41. The number of aryl methyl sites for hydroxylation is 6. The van der Waals surface area contributed by atoms with Gasteiger partial charge in [-0.3, -0.25) is 5.87 Å². The van der Waals surface area contributed by atoms with Crippen LogP contribution < -0.4 is 10.9 Å². The average molecular weight is 274 g/mol. The van der Waals surface area contributed by atoms with Crippen molar-refractivity contribution in [1.82, 2.24) is 0 Å². The molecule has 0 N–H and O–H groups in total. The molecule has 0 amide bonds. The molecule has 0 fully saturated rings. The van der Waals surface area contributed by atoms with Gasteiger partial charge in [-0.25, -0.2) is 0 Å². The summed E-state index contributed by atoms with van der Waals surface area (Å²) >= 11 is 0. The lowest BCUT2D eigenvalue weighted by atomic mass is 9.58. The summed E-state index contributed by atoms with van der Waals surface area (Å²) in [6.07, 6.45) is 0. The molecule has 0 bridgehead atoms. The van der Waals surface area contributed by atoms with Gasteiger partial charge < -0.3 is 0 Å². The van der Waals surface area contributed by atoms with Gasteiger partial charge in [-0.05, 0) is 75.8 Å². The first-order chi connectivity index (χ1) is 9.88. The number of hydrogen-bond acceptors (Lipinski definition) is 0. The van der Waals surface area contributed by atoms with Crippen LogP contribution in [0.5, 0.6) is 0 Å². The largest absolute Gasteiger partial charge is 0.305 e. The van der Waals surface area contributed by atoms with Crippen molar-refractivity contribution in [2.45, 2.75) is 41.5 Å². The van der Waals surface area contributed by atoms with Crippen LogP contribution in [0.1, 0.15) is 33.4 Å². The van der Waals surface area contributed by atoms with Gasteiger partial charge in [0.2, 0.25) is 0 Å². The Morgan fingerprint density at radius 1 is 0.714 bits per heavy atom. The number of benzene rings is 2. The van der Waals surface area contributed by atoms with Crippen LogP contribution in [0.3, 0.4) is 0 Å². The number of rotatable bonds is 3. The first-order valence-electron chi connectivity index (χ1n) is 7.72. The van der Waals surface area contributed by atoms with Crippen molar-refractivity contribution in [3.05, 3.63) is 57.6 Å². The lowest BCUT2D eigenvalue weighted by Gasteiger charge is -2.08. The quantitative estimate of drug-likeness (QED) is 0.593. The van der Waals surface area contributed by atoms with E-state index in [2.05, 4.69) is 71.7 Å². The molecular formula is C19H24B2. The molecule has 0 heterocycles. The van der Waals surface area contributed by atoms with E-state index in [1.165, 1.54) is 44.3 Å². The minimum atomic E-state index is 0.935. The maximum absolute atomic E-state index is 3.62. The van der Waals surface area contributed by atoms with Gasteiger partial charge in [0.05, 0.1) is 0 Å². The molecule has 0 unspecified atom stereocenters. The summed E-state index contributed by atoms with van der Waals surface area (Å²) in [7, 11) is 0.935. The summed E-state index contributed by atoms with van der Waals surface area (Å²) in [4.78, 5) is 0. The van der Waals surface area contributed by atoms with E-state index in [4.69, 9.17) is 0 Å². The smallest absolute Gasteiger partial charge is 0.276 e. The van der Waals surface area contributed by atoms with Gasteiger partial charge in [-0.15, -0.1) is 5.46 Å². The van der Waals surface area contributed by atoms with Gasteiger partial charge >= 0.3 is 7.28 Å². The second-order valence-electron chi connectivity index (χ2n) is 6.36. The van der Waals surface area contributed by atoms with Crippen molar-refractivity contribution in [1.29, 1.82) is 0 Å². The van der Waals surface area contributed by atoms with Gasteiger partial charge in [0.25, 0.3) is 0 Å². The van der Waals surface area contributed by atoms with Crippen LogP contribution in [-0.4, -0.2) is 20.1 Å². The Hall–Kier alpha value is -1.65. The van der Waals surface area contributed by atoms with Gasteiger partial charge in [0.1, 0.15) is 6.92 Å². The third-order valence-electron chi connectivity index (χ3n) is 4.28. The van der Waals surface area contributed by atoms with E-state index in [-0.39, 0.29) is 0 Å². The lowest BCUT2D eigenvalue weighted by molar-refractivity contribution is 1.35. The van der Waals surface area contributed by atoms with E-state index < -0.39 is 0 Å². The Morgan fingerprint density at radius 2 is 1.14 bits per heavy atom. The molecule has 0 aliphatic heterocycles. The maximum atomic E-state index is 3.62. The fourth-order valence-corrected chi connectivity index (χ4v) is 3.29. The summed E-state index contributed by atoms with van der Waals surface area (Å²) in [6.45, 7) is 14.1. The molecule has 2 aromatic carbocycles.